The zero-order chi connectivity index (χ0) is 13.6. The Bertz CT molecular complexity index is 719. The maximum Gasteiger partial charge on any atom is 0.416 e. The van der Waals surface area contributed by atoms with E-state index in [0.717, 1.165) is 33.6 Å². The van der Waals surface area contributed by atoms with E-state index >= 15 is 0 Å². The second-order valence-electron chi connectivity index (χ2n) is 4.34. The zero-order valence-electron chi connectivity index (χ0n) is 10.0. The average molecular weight is 281 g/mol. The molecule has 0 unspecified atom stereocenters. The highest BCUT2D eigenvalue weighted by atomic mass is 32.1. The van der Waals surface area contributed by atoms with E-state index in [9.17, 15) is 13.2 Å². The van der Waals surface area contributed by atoms with Crippen LogP contribution >= 0.6 is 11.3 Å². The highest BCUT2D eigenvalue weighted by Gasteiger charge is 2.30. The minimum Gasteiger partial charge on any atom is -0.335 e. The van der Waals surface area contributed by atoms with Gasteiger partial charge in [0.15, 0.2) is 0 Å². The minimum atomic E-state index is -4.28. The normalized spacial score (nSPS) is 12.2. The molecule has 2 aromatic heterocycles. The third-order valence-electron chi connectivity index (χ3n) is 3.14. The SMILES string of the molecule is Cn1c(-c2ccc(C(F)(F)F)cc2)cc2ccsc21. The number of aromatic nitrogens is 1. The van der Waals surface area contributed by atoms with Crippen molar-refractivity contribution in [3.63, 3.8) is 0 Å². The Morgan fingerprint density at radius 1 is 1.05 bits per heavy atom. The third kappa shape index (κ3) is 2.04. The van der Waals surface area contributed by atoms with E-state index < -0.39 is 11.7 Å². The lowest BCUT2D eigenvalue weighted by Gasteiger charge is -2.08. The van der Waals surface area contributed by atoms with Crippen LogP contribution in [0, 0.1) is 0 Å². The van der Waals surface area contributed by atoms with Gasteiger partial charge in [0, 0.05) is 18.1 Å². The summed E-state index contributed by atoms with van der Waals surface area (Å²) in [7, 11) is 1.92. The Labute approximate surface area is 111 Å². The molecule has 0 aliphatic carbocycles. The average Bonchev–Trinajstić information content (AvgIpc) is 2.92. The first-order valence-corrected chi connectivity index (χ1v) is 6.55. The molecule has 0 saturated carbocycles. The van der Waals surface area contributed by atoms with Gasteiger partial charge in [0.2, 0.25) is 0 Å². The van der Waals surface area contributed by atoms with E-state index in [4.69, 9.17) is 0 Å². The fourth-order valence-corrected chi connectivity index (χ4v) is 3.02. The molecule has 0 radical (unpaired) electrons. The van der Waals surface area contributed by atoms with Crippen molar-refractivity contribution in [2.24, 2.45) is 7.05 Å². The Morgan fingerprint density at radius 2 is 1.74 bits per heavy atom. The number of nitrogens with zero attached hydrogens (tertiary/aromatic N) is 1. The van der Waals surface area contributed by atoms with E-state index in [-0.39, 0.29) is 0 Å². The van der Waals surface area contributed by atoms with Gasteiger partial charge in [-0.2, -0.15) is 13.2 Å². The van der Waals surface area contributed by atoms with Crippen molar-refractivity contribution in [2.75, 3.05) is 0 Å². The predicted molar refractivity (Wildman–Crippen MR) is 71.2 cm³/mol. The van der Waals surface area contributed by atoms with E-state index in [0.29, 0.717) is 0 Å². The van der Waals surface area contributed by atoms with Crippen LogP contribution in [0.15, 0.2) is 41.8 Å². The van der Waals surface area contributed by atoms with Crippen molar-refractivity contribution in [2.45, 2.75) is 6.18 Å². The third-order valence-corrected chi connectivity index (χ3v) is 4.15. The number of rotatable bonds is 1. The molecule has 1 aromatic carbocycles. The number of aryl methyl sites for hydroxylation is 1. The molecule has 0 bridgehead atoms. The first-order valence-electron chi connectivity index (χ1n) is 5.67. The van der Waals surface area contributed by atoms with Crippen molar-refractivity contribution < 1.29 is 13.2 Å². The molecule has 0 saturated heterocycles. The first-order chi connectivity index (χ1) is 8.97. The molecule has 0 spiro atoms. The van der Waals surface area contributed by atoms with E-state index in [1.54, 1.807) is 11.3 Å². The lowest BCUT2D eigenvalue weighted by molar-refractivity contribution is -0.137. The summed E-state index contributed by atoms with van der Waals surface area (Å²) in [6, 6.07) is 9.28. The van der Waals surface area contributed by atoms with Gasteiger partial charge >= 0.3 is 6.18 Å². The summed E-state index contributed by atoms with van der Waals surface area (Å²) in [5.41, 5.74) is 1.10. The van der Waals surface area contributed by atoms with Gasteiger partial charge in [-0.1, -0.05) is 12.1 Å². The highest BCUT2D eigenvalue weighted by molar-refractivity contribution is 7.16. The summed E-state index contributed by atoms with van der Waals surface area (Å²) in [5, 5.41) is 3.11. The molecule has 0 aliphatic heterocycles. The molecule has 0 aliphatic rings. The molecule has 0 atom stereocenters. The molecular weight excluding hydrogens is 271 g/mol. The van der Waals surface area contributed by atoms with E-state index in [2.05, 4.69) is 0 Å². The van der Waals surface area contributed by atoms with Crippen LogP contribution in [0.3, 0.4) is 0 Å². The zero-order valence-corrected chi connectivity index (χ0v) is 10.8. The van der Waals surface area contributed by atoms with Crippen LogP contribution < -0.4 is 0 Å². The molecule has 1 nitrogen and oxygen atoms in total. The smallest absolute Gasteiger partial charge is 0.335 e. The van der Waals surface area contributed by atoms with Crippen LogP contribution in [0.4, 0.5) is 13.2 Å². The highest BCUT2D eigenvalue weighted by Crippen LogP contribution is 2.33. The number of benzene rings is 1. The van der Waals surface area contributed by atoms with Gasteiger partial charge in [-0.05, 0) is 35.2 Å². The molecule has 3 aromatic rings. The monoisotopic (exact) mass is 281 g/mol. The number of hydrogen-bond donors (Lipinski definition) is 0. The largest absolute Gasteiger partial charge is 0.416 e. The Hall–Kier alpha value is -1.75. The summed E-state index contributed by atoms with van der Waals surface area (Å²) >= 11 is 1.62. The van der Waals surface area contributed by atoms with E-state index in [1.807, 2.05) is 29.1 Å². The lowest BCUT2D eigenvalue weighted by atomic mass is 10.1. The van der Waals surface area contributed by atoms with Crippen LogP contribution in [-0.4, -0.2) is 4.57 Å². The Kier molecular flexibility index (Phi) is 2.67. The Morgan fingerprint density at radius 3 is 2.32 bits per heavy atom. The second-order valence-corrected chi connectivity index (χ2v) is 5.24. The van der Waals surface area contributed by atoms with Crippen molar-refractivity contribution in [3.8, 4) is 11.3 Å². The van der Waals surface area contributed by atoms with Gasteiger partial charge in [0.25, 0.3) is 0 Å². The van der Waals surface area contributed by atoms with Crippen LogP contribution in [-0.2, 0) is 13.2 Å². The van der Waals surface area contributed by atoms with Crippen LogP contribution in [0.5, 0.6) is 0 Å². The van der Waals surface area contributed by atoms with Crippen LogP contribution in [0.1, 0.15) is 5.56 Å². The molecule has 98 valence electrons. The van der Waals surface area contributed by atoms with Crippen molar-refractivity contribution in [1.29, 1.82) is 0 Å². The summed E-state index contributed by atoms with van der Waals surface area (Å²) in [6.45, 7) is 0. The number of thiophene rings is 1. The van der Waals surface area contributed by atoms with Gasteiger partial charge < -0.3 is 4.57 Å². The molecule has 2 heterocycles. The standard InChI is InChI=1S/C14H10F3NS/c1-18-12(8-10-6-7-19-13(10)18)9-2-4-11(5-3-9)14(15,16)17/h2-8H,1H3. The number of hydrogen-bond acceptors (Lipinski definition) is 1. The van der Waals surface area contributed by atoms with Crippen molar-refractivity contribution in [3.05, 3.63) is 47.3 Å². The predicted octanol–water partition coefficient (Wildman–Crippen LogP) is 4.93. The number of fused-ring (bicyclic) bond motifs is 1. The molecule has 0 N–H and O–H groups in total. The molecular formula is C14H10F3NS. The summed E-state index contributed by atoms with van der Waals surface area (Å²) in [5.74, 6) is 0. The minimum absolute atomic E-state index is 0.618. The topological polar surface area (TPSA) is 4.93 Å². The number of alkyl halides is 3. The Balaban J connectivity index is 2.07. The van der Waals surface area contributed by atoms with Gasteiger partial charge in [-0.15, -0.1) is 11.3 Å². The molecule has 5 heteroatoms. The molecule has 3 rings (SSSR count). The maximum atomic E-state index is 12.5. The summed E-state index contributed by atoms with van der Waals surface area (Å²) in [4.78, 5) is 1.12. The first kappa shape index (κ1) is 12.3. The second kappa shape index (κ2) is 4.13. The fourth-order valence-electron chi connectivity index (χ4n) is 2.15. The van der Waals surface area contributed by atoms with Gasteiger partial charge in [-0.25, -0.2) is 0 Å². The van der Waals surface area contributed by atoms with Gasteiger partial charge in [0.05, 0.1) is 5.56 Å². The number of halogens is 3. The molecule has 19 heavy (non-hydrogen) atoms. The van der Waals surface area contributed by atoms with Gasteiger partial charge in [0.1, 0.15) is 4.83 Å². The van der Waals surface area contributed by atoms with Crippen molar-refractivity contribution in [1.82, 2.24) is 4.57 Å². The quantitative estimate of drug-likeness (QED) is 0.596. The maximum absolute atomic E-state index is 12.5. The molecule has 0 amide bonds. The summed E-state index contributed by atoms with van der Waals surface area (Å²) < 4.78 is 39.5. The fraction of sp³-hybridized carbons (Fsp3) is 0.143. The van der Waals surface area contributed by atoms with Gasteiger partial charge in [-0.3, -0.25) is 0 Å². The van der Waals surface area contributed by atoms with Crippen LogP contribution in [0.2, 0.25) is 0 Å². The lowest BCUT2D eigenvalue weighted by Crippen LogP contribution is -2.04. The van der Waals surface area contributed by atoms with E-state index in [1.165, 1.54) is 12.1 Å². The summed E-state index contributed by atoms with van der Waals surface area (Å²) in [6.07, 6.45) is -4.28. The van der Waals surface area contributed by atoms with Crippen LogP contribution in [0.25, 0.3) is 21.5 Å². The molecule has 0 fully saturated rings. The van der Waals surface area contributed by atoms with Crippen molar-refractivity contribution >= 4 is 21.6 Å².